The number of rotatable bonds is 8. The van der Waals surface area contributed by atoms with Crippen LogP contribution in [0.25, 0.3) is 0 Å². The van der Waals surface area contributed by atoms with Gasteiger partial charge in [-0.15, -0.1) is 0 Å². The summed E-state index contributed by atoms with van der Waals surface area (Å²) < 4.78 is 9.50. The molecule has 7 nitrogen and oxygen atoms in total. The molecule has 0 bridgehead atoms. The van der Waals surface area contributed by atoms with Gasteiger partial charge in [0.25, 0.3) is 0 Å². The van der Waals surface area contributed by atoms with Crippen molar-refractivity contribution in [3.63, 3.8) is 0 Å². The number of thiocarbonyl (C=S) groups is 1. The standard InChI is InChI=1S/C25H28N6OS/c1-4-20-10-12-23(13-11-20)32-17-30-16-22(14-26-30)27-25(33)28-24-18(2)29-31(19(24)3)15-21-8-6-5-7-9-21/h5-14,16H,4,15,17H2,1-3H3,(H2,27,28,33). The fourth-order valence-electron chi connectivity index (χ4n) is 3.52. The molecule has 4 aromatic rings. The van der Waals surface area contributed by atoms with Crippen LogP contribution in [0.5, 0.6) is 5.75 Å². The van der Waals surface area contributed by atoms with Crippen molar-refractivity contribution < 1.29 is 4.74 Å². The van der Waals surface area contributed by atoms with E-state index in [4.69, 9.17) is 17.0 Å². The van der Waals surface area contributed by atoms with Crippen molar-refractivity contribution in [1.82, 2.24) is 19.6 Å². The summed E-state index contributed by atoms with van der Waals surface area (Å²) in [6, 6.07) is 18.4. The van der Waals surface area contributed by atoms with Crippen molar-refractivity contribution in [2.75, 3.05) is 10.6 Å². The summed E-state index contributed by atoms with van der Waals surface area (Å²) in [5, 5.41) is 15.9. The van der Waals surface area contributed by atoms with Crippen molar-refractivity contribution >= 4 is 28.7 Å². The van der Waals surface area contributed by atoms with E-state index >= 15 is 0 Å². The van der Waals surface area contributed by atoms with Crippen LogP contribution in [-0.2, 0) is 19.7 Å². The maximum Gasteiger partial charge on any atom is 0.180 e. The van der Waals surface area contributed by atoms with Gasteiger partial charge in [0.1, 0.15) is 5.75 Å². The van der Waals surface area contributed by atoms with Crippen LogP contribution in [0.15, 0.2) is 67.0 Å². The number of ether oxygens (including phenoxy) is 1. The summed E-state index contributed by atoms with van der Waals surface area (Å²) >= 11 is 5.52. The normalized spacial score (nSPS) is 10.8. The number of benzene rings is 2. The van der Waals surface area contributed by atoms with Crippen LogP contribution in [0.4, 0.5) is 11.4 Å². The number of nitrogens with one attached hydrogen (secondary N) is 2. The first kappa shape index (κ1) is 22.5. The van der Waals surface area contributed by atoms with Crippen molar-refractivity contribution in [3.05, 3.63) is 89.5 Å². The summed E-state index contributed by atoms with van der Waals surface area (Å²) in [4.78, 5) is 0. The molecule has 2 N–H and O–H groups in total. The van der Waals surface area contributed by atoms with Gasteiger partial charge in [-0.05, 0) is 55.7 Å². The van der Waals surface area contributed by atoms with Crippen LogP contribution in [0.1, 0.15) is 29.4 Å². The van der Waals surface area contributed by atoms with E-state index in [2.05, 4.69) is 52.0 Å². The van der Waals surface area contributed by atoms with Crippen molar-refractivity contribution in [2.24, 2.45) is 0 Å². The lowest BCUT2D eigenvalue weighted by molar-refractivity contribution is 0.221. The number of anilines is 2. The number of hydrogen-bond donors (Lipinski definition) is 2. The van der Waals surface area contributed by atoms with E-state index in [0.717, 1.165) is 34.9 Å². The summed E-state index contributed by atoms with van der Waals surface area (Å²) in [7, 11) is 0. The monoisotopic (exact) mass is 460 g/mol. The van der Waals surface area contributed by atoms with Gasteiger partial charge in [-0.25, -0.2) is 4.68 Å². The Bertz CT molecular complexity index is 1210. The number of aryl methyl sites for hydroxylation is 2. The van der Waals surface area contributed by atoms with Crippen LogP contribution in [0.3, 0.4) is 0 Å². The highest BCUT2D eigenvalue weighted by atomic mass is 32.1. The topological polar surface area (TPSA) is 68.9 Å². The van der Waals surface area contributed by atoms with E-state index in [1.807, 2.05) is 55.1 Å². The molecule has 2 heterocycles. The summed E-state index contributed by atoms with van der Waals surface area (Å²) in [6.07, 6.45) is 4.58. The van der Waals surface area contributed by atoms with Gasteiger partial charge in [-0.3, -0.25) is 4.68 Å². The van der Waals surface area contributed by atoms with Gasteiger partial charge in [-0.2, -0.15) is 10.2 Å². The molecule has 0 aliphatic heterocycles. The third-order valence-electron chi connectivity index (χ3n) is 5.38. The highest BCUT2D eigenvalue weighted by Gasteiger charge is 2.13. The quantitative estimate of drug-likeness (QED) is 0.354. The summed E-state index contributed by atoms with van der Waals surface area (Å²) in [5.41, 5.74) is 6.10. The van der Waals surface area contributed by atoms with E-state index < -0.39 is 0 Å². The highest BCUT2D eigenvalue weighted by molar-refractivity contribution is 7.80. The Morgan fingerprint density at radius 2 is 1.76 bits per heavy atom. The average Bonchev–Trinajstić information content (AvgIpc) is 3.38. The Morgan fingerprint density at radius 3 is 2.48 bits per heavy atom. The molecule has 0 aliphatic carbocycles. The van der Waals surface area contributed by atoms with E-state index in [-0.39, 0.29) is 0 Å². The van der Waals surface area contributed by atoms with Crippen molar-refractivity contribution in [1.29, 1.82) is 0 Å². The smallest absolute Gasteiger partial charge is 0.180 e. The molecule has 0 unspecified atom stereocenters. The molecule has 0 aliphatic rings. The Hall–Kier alpha value is -3.65. The first-order valence-electron chi connectivity index (χ1n) is 10.9. The molecule has 8 heteroatoms. The number of aromatic nitrogens is 4. The molecule has 2 aromatic heterocycles. The molecule has 0 spiro atoms. The van der Waals surface area contributed by atoms with Crippen molar-refractivity contribution in [2.45, 2.75) is 40.5 Å². The van der Waals surface area contributed by atoms with E-state index in [9.17, 15) is 0 Å². The minimum Gasteiger partial charge on any atom is -0.471 e. The first-order chi connectivity index (χ1) is 16.0. The second kappa shape index (κ2) is 10.3. The molecule has 170 valence electrons. The molecule has 0 fully saturated rings. The van der Waals surface area contributed by atoms with Crippen LogP contribution in [-0.4, -0.2) is 24.7 Å². The fourth-order valence-corrected chi connectivity index (χ4v) is 3.74. The average molecular weight is 461 g/mol. The SMILES string of the molecule is CCc1ccc(OCn2cc(NC(=S)Nc3c(C)nn(Cc4ccccc4)c3C)cn2)cc1. The minimum absolute atomic E-state index is 0.317. The molecular formula is C25H28N6OS. The van der Waals surface area contributed by atoms with Crippen molar-refractivity contribution in [3.8, 4) is 5.75 Å². The zero-order valence-corrected chi connectivity index (χ0v) is 19.9. The van der Waals surface area contributed by atoms with Crippen LogP contribution in [0.2, 0.25) is 0 Å². The van der Waals surface area contributed by atoms with Gasteiger partial charge < -0.3 is 15.4 Å². The van der Waals surface area contributed by atoms with Gasteiger partial charge in [-0.1, -0.05) is 49.4 Å². The van der Waals surface area contributed by atoms with Gasteiger partial charge in [0.05, 0.1) is 41.7 Å². The van der Waals surface area contributed by atoms with Gasteiger partial charge in [0, 0.05) is 0 Å². The molecule has 2 aromatic carbocycles. The molecule has 4 rings (SSSR count). The Morgan fingerprint density at radius 1 is 1.00 bits per heavy atom. The highest BCUT2D eigenvalue weighted by Crippen LogP contribution is 2.21. The molecule has 0 radical (unpaired) electrons. The zero-order chi connectivity index (χ0) is 23.2. The minimum atomic E-state index is 0.317. The largest absolute Gasteiger partial charge is 0.471 e. The van der Waals surface area contributed by atoms with Crippen LogP contribution < -0.4 is 15.4 Å². The van der Waals surface area contributed by atoms with E-state index in [0.29, 0.717) is 18.4 Å². The Labute approximate surface area is 199 Å². The number of hydrogen-bond acceptors (Lipinski definition) is 4. The molecule has 33 heavy (non-hydrogen) atoms. The fraction of sp³-hybridized carbons (Fsp3) is 0.240. The summed E-state index contributed by atoms with van der Waals surface area (Å²) in [6.45, 7) is 7.17. The molecule has 0 saturated carbocycles. The van der Waals surface area contributed by atoms with E-state index in [1.54, 1.807) is 10.9 Å². The van der Waals surface area contributed by atoms with Gasteiger partial charge in [0.2, 0.25) is 0 Å². The summed E-state index contributed by atoms with van der Waals surface area (Å²) in [5.74, 6) is 0.813. The predicted molar refractivity (Wildman–Crippen MR) is 136 cm³/mol. The Balaban J connectivity index is 1.33. The van der Waals surface area contributed by atoms with Gasteiger partial charge in [0.15, 0.2) is 11.8 Å². The molecule has 0 amide bonds. The third kappa shape index (κ3) is 5.78. The maximum absolute atomic E-state index is 5.80. The molecule has 0 saturated heterocycles. The second-order valence-electron chi connectivity index (χ2n) is 7.81. The maximum atomic E-state index is 5.80. The molecule has 0 atom stereocenters. The van der Waals surface area contributed by atoms with E-state index in [1.165, 1.54) is 11.1 Å². The Kier molecular flexibility index (Phi) is 7.04. The predicted octanol–water partition coefficient (Wildman–Crippen LogP) is 5.15. The lowest BCUT2D eigenvalue weighted by Crippen LogP contribution is -2.19. The van der Waals surface area contributed by atoms with Crippen LogP contribution >= 0.6 is 12.2 Å². The van der Waals surface area contributed by atoms with Crippen LogP contribution in [0, 0.1) is 13.8 Å². The third-order valence-corrected chi connectivity index (χ3v) is 5.59. The first-order valence-corrected chi connectivity index (χ1v) is 11.3. The number of nitrogens with zero attached hydrogens (tertiary/aromatic N) is 4. The van der Waals surface area contributed by atoms with Gasteiger partial charge >= 0.3 is 0 Å². The molecular weight excluding hydrogens is 432 g/mol. The lowest BCUT2D eigenvalue weighted by Gasteiger charge is -2.10. The lowest BCUT2D eigenvalue weighted by atomic mass is 10.2. The zero-order valence-electron chi connectivity index (χ0n) is 19.1. The second-order valence-corrected chi connectivity index (χ2v) is 8.22.